The fraction of sp³-hybridized carbons (Fsp3) is 0.600. The lowest BCUT2D eigenvalue weighted by Crippen LogP contribution is -2.39. The van der Waals surface area contributed by atoms with Crippen molar-refractivity contribution in [2.24, 2.45) is 5.92 Å². The molecule has 0 aliphatic carbocycles. The molecule has 2 amide bonds. The summed E-state index contributed by atoms with van der Waals surface area (Å²) in [7, 11) is -3.05. The van der Waals surface area contributed by atoms with Gasteiger partial charge in [0.2, 0.25) is 11.8 Å². The minimum absolute atomic E-state index is 0.00980. The van der Waals surface area contributed by atoms with E-state index in [1.807, 2.05) is 6.92 Å². The van der Waals surface area contributed by atoms with Crippen molar-refractivity contribution in [2.45, 2.75) is 31.8 Å². The van der Waals surface area contributed by atoms with E-state index in [0.29, 0.717) is 12.2 Å². The third-order valence-electron chi connectivity index (χ3n) is 4.51. The summed E-state index contributed by atoms with van der Waals surface area (Å²) in [6.07, 6.45) is 2.14. The second-order valence-electron chi connectivity index (χ2n) is 6.25. The monoisotopic (exact) mass is 340 g/mol. The summed E-state index contributed by atoms with van der Waals surface area (Å²) in [5.74, 6) is -0.00267. The summed E-state index contributed by atoms with van der Waals surface area (Å²) < 4.78 is 28.4. The van der Waals surface area contributed by atoms with E-state index in [1.165, 1.54) is 0 Å². The van der Waals surface area contributed by atoms with Gasteiger partial charge in [0.15, 0.2) is 9.84 Å². The van der Waals surface area contributed by atoms with Crippen molar-refractivity contribution < 1.29 is 22.4 Å². The van der Waals surface area contributed by atoms with Gasteiger partial charge in [-0.05, 0) is 25.5 Å². The predicted molar refractivity (Wildman–Crippen MR) is 82.1 cm³/mol. The van der Waals surface area contributed by atoms with Crippen molar-refractivity contribution >= 4 is 21.7 Å². The molecule has 2 saturated heterocycles. The number of nitrogens with one attached hydrogen (secondary N) is 1. The molecule has 7 nitrogen and oxygen atoms in total. The highest BCUT2D eigenvalue weighted by molar-refractivity contribution is 7.91. The van der Waals surface area contributed by atoms with Crippen molar-refractivity contribution in [1.82, 2.24) is 10.2 Å². The standard InChI is InChI=1S/C15H20N2O5S/c1-10(13-3-2-5-22-13)16-15(19)11-7-14(18)17(8-11)12-4-6-23(20,21)9-12/h2-3,5,10-12H,4,6-9H2,1H3,(H,16,19)/t10-,11+,12+/m0/s1. The molecule has 3 rings (SSSR count). The first-order chi connectivity index (χ1) is 10.9. The molecule has 0 bridgehead atoms. The van der Waals surface area contributed by atoms with Crippen LogP contribution in [0.1, 0.15) is 31.6 Å². The summed E-state index contributed by atoms with van der Waals surface area (Å²) in [6.45, 7) is 2.10. The van der Waals surface area contributed by atoms with Gasteiger partial charge < -0.3 is 14.6 Å². The van der Waals surface area contributed by atoms with Crippen LogP contribution in [0.4, 0.5) is 0 Å². The fourth-order valence-corrected chi connectivity index (χ4v) is 4.95. The van der Waals surface area contributed by atoms with Crippen molar-refractivity contribution in [1.29, 1.82) is 0 Å². The van der Waals surface area contributed by atoms with Gasteiger partial charge in [-0.15, -0.1) is 0 Å². The van der Waals surface area contributed by atoms with E-state index in [4.69, 9.17) is 4.42 Å². The predicted octanol–water partition coefficient (Wildman–Crippen LogP) is 0.492. The van der Waals surface area contributed by atoms with Gasteiger partial charge in [-0.3, -0.25) is 9.59 Å². The van der Waals surface area contributed by atoms with Crippen LogP contribution in [-0.2, 0) is 19.4 Å². The van der Waals surface area contributed by atoms with Gasteiger partial charge in [-0.2, -0.15) is 0 Å². The molecule has 1 aromatic rings. The summed E-state index contributed by atoms with van der Waals surface area (Å²) >= 11 is 0. The summed E-state index contributed by atoms with van der Waals surface area (Å²) in [5.41, 5.74) is 0. The highest BCUT2D eigenvalue weighted by Gasteiger charge is 2.42. The van der Waals surface area contributed by atoms with Crippen molar-refractivity contribution in [2.75, 3.05) is 18.1 Å². The number of nitrogens with zero attached hydrogens (tertiary/aromatic N) is 1. The molecule has 3 atom stereocenters. The second kappa shape index (κ2) is 5.99. The number of carbonyl (C=O) groups excluding carboxylic acids is 2. The van der Waals surface area contributed by atoms with Crippen LogP contribution in [0.5, 0.6) is 0 Å². The Balaban J connectivity index is 1.60. The number of amides is 2. The maximum Gasteiger partial charge on any atom is 0.226 e. The second-order valence-corrected chi connectivity index (χ2v) is 8.48. The van der Waals surface area contributed by atoms with E-state index in [0.717, 1.165) is 0 Å². The SMILES string of the molecule is C[C@H](NC(=O)[C@@H]1CC(=O)N([C@@H]2CCS(=O)(=O)C2)C1)c1ccco1. The maximum atomic E-state index is 12.3. The van der Waals surface area contributed by atoms with Crippen molar-refractivity contribution in [3.8, 4) is 0 Å². The van der Waals surface area contributed by atoms with E-state index in [9.17, 15) is 18.0 Å². The van der Waals surface area contributed by atoms with E-state index in [-0.39, 0.29) is 48.4 Å². The maximum absolute atomic E-state index is 12.3. The average Bonchev–Trinajstić information content (AvgIpc) is 3.18. The highest BCUT2D eigenvalue weighted by Crippen LogP contribution is 2.26. The molecule has 1 N–H and O–H groups in total. The quantitative estimate of drug-likeness (QED) is 0.860. The number of hydrogen-bond donors (Lipinski definition) is 1. The largest absolute Gasteiger partial charge is 0.467 e. The molecule has 0 spiro atoms. The summed E-state index contributed by atoms with van der Waals surface area (Å²) in [4.78, 5) is 26.0. The van der Waals surface area contributed by atoms with Crippen molar-refractivity contribution in [3.63, 3.8) is 0 Å². The number of likely N-dealkylation sites (tertiary alicyclic amines) is 1. The smallest absolute Gasteiger partial charge is 0.226 e. The Bertz CT molecular complexity index is 697. The van der Waals surface area contributed by atoms with Crippen LogP contribution in [0.25, 0.3) is 0 Å². The molecule has 0 aromatic carbocycles. The third kappa shape index (κ3) is 3.41. The van der Waals surface area contributed by atoms with E-state index in [1.54, 1.807) is 23.3 Å². The molecule has 3 heterocycles. The number of hydrogen-bond acceptors (Lipinski definition) is 5. The molecule has 2 fully saturated rings. The van der Waals surface area contributed by atoms with Gasteiger partial charge in [-0.1, -0.05) is 0 Å². The number of rotatable bonds is 4. The fourth-order valence-electron chi connectivity index (χ4n) is 3.22. The molecule has 2 aliphatic heterocycles. The van der Waals surface area contributed by atoms with Gasteiger partial charge in [-0.25, -0.2) is 8.42 Å². The molecule has 0 radical (unpaired) electrons. The normalized spacial score (nSPS) is 28.0. The zero-order chi connectivity index (χ0) is 16.6. The van der Waals surface area contributed by atoms with Crippen LogP contribution in [0.2, 0.25) is 0 Å². The minimum atomic E-state index is -3.05. The number of sulfone groups is 1. The topological polar surface area (TPSA) is 96.7 Å². The third-order valence-corrected chi connectivity index (χ3v) is 6.26. The highest BCUT2D eigenvalue weighted by atomic mass is 32.2. The average molecular weight is 340 g/mol. The number of carbonyl (C=O) groups is 2. The minimum Gasteiger partial charge on any atom is -0.467 e. The molecule has 0 unspecified atom stereocenters. The van der Waals surface area contributed by atoms with Crippen LogP contribution >= 0.6 is 0 Å². The van der Waals surface area contributed by atoms with Gasteiger partial charge in [0.05, 0.1) is 29.7 Å². The van der Waals surface area contributed by atoms with E-state index >= 15 is 0 Å². The zero-order valence-electron chi connectivity index (χ0n) is 12.9. The molecular weight excluding hydrogens is 320 g/mol. The van der Waals surface area contributed by atoms with Crippen LogP contribution in [0, 0.1) is 5.92 Å². The molecular formula is C15H20N2O5S. The molecule has 2 aliphatic rings. The van der Waals surface area contributed by atoms with Crippen LogP contribution in [-0.4, -0.2) is 49.2 Å². The Kier molecular flexibility index (Phi) is 4.18. The van der Waals surface area contributed by atoms with Crippen LogP contribution < -0.4 is 5.32 Å². The Morgan fingerprint density at radius 3 is 2.87 bits per heavy atom. The molecule has 23 heavy (non-hydrogen) atoms. The molecule has 1 aromatic heterocycles. The molecule has 0 saturated carbocycles. The van der Waals surface area contributed by atoms with Gasteiger partial charge in [0, 0.05) is 19.0 Å². The molecule has 8 heteroatoms. The summed E-state index contributed by atoms with van der Waals surface area (Å²) in [5, 5.41) is 2.84. The first-order valence-electron chi connectivity index (χ1n) is 7.69. The van der Waals surface area contributed by atoms with Crippen LogP contribution in [0.3, 0.4) is 0 Å². The van der Waals surface area contributed by atoms with Gasteiger partial charge in [0.25, 0.3) is 0 Å². The lowest BCUT2D eigenvalue weighted by Gasteiger charge is -2.23. The Labute approximate surface area is 134 Å². The Morgan fingerprint density at radius 1 is 1.48 bits per heavy atom. The van der Waals surface area contributed by atoms with Gasteiger partial charge >= 0.3 is 0 Å². The summed E-state index contributed by atoms with van der Waals surface area (Å²) in [6, 6.07) is 2.97. The zero-order valence-corrected chi connectivity index (χ0v) is 13.7. The van der Waals surface area contributed by atoms with Crippen LogP contribution in [0.15, 0.2) is 22.8 Å². The first-order valence-corrected chi connectivity index (χ1v) is 9.51. The molecule has 126 valence electrons. The number of furan rings is 1. The Morgan fingerprint density at radius 2 is 2.26 bits per heavy atom. The van der Waals surface area contributed by atoms with Crippen molar-refractivity contribution in [3.05, 3.63) is 24.2 Å². The Hall–Kier alpha value is -1.83. The van der Waals surface area contributed by atoms with E-state index in [2.05, 4.69) is 5.32 Å². The lowest BCUT2D eigenvalue weighted by molar-refractivity contribution is -0.130. The van der Waals surface area contributed by atoms with E-state index < -0.39 is 15.8 Å². The van der Waals surface area contributed by atoms with Gasteiger partial charge in [0.1, 0.15) is 5.76 Å². The first kappa shape index (κ1) is 16.0. The lowest BCUT2D eigenvalue weighted by atomic mass is 10.1.